The number of unbranched alkanes of at least 4 members (excludes halogenated alkanes) is 1. The maximum absolute atomic E-state index is 12.4. The van der Waals surface area contributed by atoms with Crippen molar-refractivity contribution >= 4 is 36.3 Å². The fourth-order valence-corrected chi connectivity index (χ4v) is 2.39. The van der Waals surface area contributed by atoms with Gasteiger partial charge in [0.25, 0.3) is 0 Å². The van der Waals surface area contributed by atoms with Gasteiger partial charge in [-0.2, -0.15) is 12.6 Å². The molecule has 0 fully saturated rings. The maximum atomic E-state index is 12.4. The SMILES string of the molecule is CC(O)C(NC(=O)C(CO)NC(=O)C(N)CS)C(=O)NC(CCCCN)C(=O)O. The minimum atomic E-state index is -1.51. The van der Waals surface area contributed by atoms with E-state index in [0.29, 0.717) is 19.4 Å². The number of carboxylic acids is 1. The first-order valence-corrected chi connectivity index (χ1v) is 9.71. The Hall–Kier alpha value is -1.93. The van der Waals surface area contributed by atoms with E-state index in [-0.39, 0.29) is 12.2 Å². The quantitative estimate of drug-likeness (QED) is 0.0962. The van der Waals surface area contributed by atoms with Crippen LogP contribution in [-0.2, 0) is 19.2 Å². The summed E-state index contributed by atoms with van der Waals surface area (Å²) in [5.41, 5.74) is 10.8. The third-order valence-corrected chi connectivity index (χ3v) is 4.37. The summed E-state index contributed by atoms with van der Waals surface area (Å²) in [5, 5.41) is 35.1. The molecule has 0 aromatic rings. The topological polar surface area (TPSA) is 217 Å². The van der Waals surface area contributed by atoms with Crippen molar-refractivity contribution in [3.05, 3.63) is 0 Å². The molecule has 0 aromatic heterocycles. The Morgan fingerprint density at radius 1 is 1.00 bits per heavy atom. The van der Waals surface area contributed by atoms with Gasteiger partial charge in [-0.1, -0.05) is 0 Å². The zero-order valence-electron chi connectivity index (χ0n) is 16.2. The first kappa shape index (κ1) is 27.1. The van der Waals surface area contributed by atoms with Gasteiger partial charge in [-0.25, -0.2) is 4.79 Å². The van der Waals surface area contributed by atoms with Gasteiger partial charge in [-0.3, -0.25) is 14.4 Å². The Morgan fingerprint density at radius 2 is 1.59 bits per heavy atom. The van der Waals surface area contributed by atoms with E-state index in [9.17, 15) is 34.5 Å². The van der Waals surface area contributed by atoms with Crippen LogP contribution in [0.4, 0.5) is 0 Å². The van der Waals surface area contributed by atoms with Crippen LogP contribution in [0.3, 0.4) is 0 Å². The summed E-state index contributed by atoms with van der Waals surface area (Å²) >= 11 is 3.86. The molecule has 0 bridgehead atoms. The lowest BCUT2D eigenvalue weighted by atomic mass is 10.1. The number of hydrogen-bond acceptors (Lipinski definition) is 9. The first-order chi connectivity index (χ1) is 13.6. The summed E-state index contributed by atoms with van der Waals surface area (Å²) in [6.07, 6.45) is -0.228. The standard InChI is InChI=1S/C16H31N5O7S/c1-8(23)12(15(26)19-10(16(27)28)4-2-3-5-17)21-14(25)11(6-22)20-13(24)9(18)7-29/h8-12,22-23,29H,2-7,17-18H2,1H3,(H,19,26)(H,20,24)(H,21,25)(H,27,28). The largest absolute Gasteiger partial charge is 0.480 e. The van der Waals surface area contributed by atoms with Crippen LogP contribution in [0.5, 0.6) is 0 Å². The molecule has 0 radical (unpaired) electrons. The van der Waals surface area contributed by atoms with Crippen LogP contribution in [0.1, 0.15) is 26.2 Å². The molecule has 0 rings (SSSR count). The highest BCUT2D eigenvalue weighted by atomic mass is 32.1. The zero-order valence-corrected chi connectivity index (χ0v) is 17.1. The summed E-state index contributed by atoms with van der Waals surface area (Å²) in [5.74, 6) is -3.89. The molecule has 0 aliphatic rings. The van der Waals surface area contributed by atoms with E-state index in [2.05, 4.69) is 28.6 Å². The summed E-state index contributed by atoms with van der Waals surface area (Å²) < 4.78 is 0. The van der Waals surface area contributed by atoms with Gasteiger partial charge < -0.3 is 42.7 Å². The minimum absolute atomic E-state index is 0.00500. The van der Waals surface area contributed by atoms with Crippen LogP contribution in [0.2, 0.25) is 0 Å². The molecule has 5 atom stereocenters. The molecule has 0 aliphatic carbocycles. The molecular weight excluding hydrogens is 406 g/mol. The molecule has 0 aromatic carbocycles. The van der Waals surface area contributed by atoms with Gasteiger partial charge in [0.2, 0.25) is 17.7 Å². The fourth-order valence-electron chi connectivity index (χ4n) is 2.23. The zero-order chi connectivity index (χ0) is 22.6. The number of carbonyl (C=O) groups is 4. The van der Waals surface area contributed by atoms with Crippen molar-refractivity contribution in [2.24, 2.45) is 11.5 Å². The van der Waals surface area contributed by atoms with Crippen LogP contribution in [-0.4, -0.2) is 88.2 Å². The third-order valence-electron chi connectivity index (χ3n) is 3.97. The number of carboxylic acid groups (broad SMARTS) is 1. The van der Waals surface area contributed by atoms with Gasteiger partial charge in [0, 0.05) is 5.75 Å². The number of aliphatic hydroxyl groups is 2. The molecule has 5 unspecified atom stereocenters. The number of nitrogens with one attached hydrogen (secondary N) is 3. The summed E-state index contributed by atoms with van der Waals surface area (Å²) in [7, 11) is 0. The lowest BCUT2D eigenvalue weighted by molar-refractivity contribution is -0.143. The van der Waals surface area contributed by atoms with Crippen LogP contribution >= 0.6 is 12.6 Å². The molecule has 13 heteroatoms. The normalized spacial score (nSPS) is 16.1. The van der Waals surface area contributed by atoms with E-state index in [1.54, 1.807) is 0 Å². The Kier molecular flexibility index (Phi) is 13.2. The number of aliphatic carboxylic acids is 1. The Labute approximate surface area is 174 Å². The Bertz CT molecular complexity index is 564. The lowest BCUT2D eigenvalue weighted by Gasteiger charge is -2.25. The Morgan fingerprint density at radius 3 is 2.03 bits per heavy atom. The second-order valence-electron chi connectivity index (χ2n) is 6.44. The van der Waals surface area contributed by atoms with E-state index < -0.39 is 60.6 Å². The smallest absolute Gasteiger partial charge is 0.326 e. The monoisotopic (exact) mass is 437 g/mol. The molecule has 29 heavy (non-hydrogen) atoms. The lowest BCUT2D eigenvalue weighted by Crippen LogP contribution is -2.60. The van der Waals surface area contributed by atoms with E-state index in [1.807, 2.05) is 0 Å². The first-order valence-electron chi connectivity index (χ1n) is 9.08. The third kappa shape index (κ3) is 9.89. The van der Waals surface area contributed by atoms with Crippen LogP contribution < -0.4 is 27.4 Å². The molecule has 0 spiro atoms. The number of thiol groups is 1. The van der Waals surface area contributed by atoms with Gasteiger partial charge >= 0.3 is 5.97 Å². The van der Waals surface area contributed by atoms with Crippen molar-refractivity contribution < 1.29 is 34.5 Å². The second kappa shape index (κ2) is 14.1. The number of carbonyl (C=O) groups excluding carboxylic acids is 3. The minimum Gasteiger partial charge on any atom is -0.480 e. The van der Waals surface area contributed by atoms with Crippen molar-refractivity contribution in [3.63, 3.8) is 0 Å². The number of hydrogen-bond donors (Lipinski definition) is 9. The van der Waals surface area contributed by atoms with Gasteiger partial charge in [0.1, 0.15) is 18.1 Å². The van der Waals surface area contributed by atoms with Crippen molar-refractivity contribution in [3.8, 4) is 0 Å². The number of rotatable bonds is 14. The number of amides is 3. The van der Waals surface area contributed by atoms with Crippen molar-refractivity contribution in [1.29, 1.82) is 0 Å². The van der Waals surface area contributed by atoms with Crippen molar-refractivity contribution in [2.75, 3.05) is 18.9 Å². The average Bonchev–Trinajstić information content (AvgIpc) is 2.67. The summed E-state index contributed by atoms with van der Waals surface area (Å²) in [4.78, 5) is 47.8. The summed E-state index contributed by atoms with van der Waals surface area (Å²) in [6.45, 7) is 0.803. The molecule has 3 amide bonds. The Balaban J connectivity index is 5.09. The highest BCUT2D eigenvalue weighted by molar-refractivity contribution is 7.80. The molecular formula is C16H31N5O7S. The number of aliphatic hydroxyl groups excluding tert-OH is 2. The molecule has 0 saturated carbocycles. The second-order valence-corrected chi connectivity index (χ2v) is 6.81. The molecule has 0 heterocycles. The van der Waals surface area contributed by atoms with Crippen LogP contribution in [0.25, 0.3) is 0 Å². The molecule has 12 nitrogen and oxygen atoms in total. The average molecular weight is 438 g/mol. The number of nitrogens with two attached hydrogens (primary N) is 2. The maximum Gasteiger partial charge on any atom is 0.326 e. The van der Waals surface area contributed by atoms with E-state index in [4.69, 9.17) is 11.5 Å². The predicted octanol–water partition coefficient (Wildman–Crippen LogP) is -3.72. The summed E-state index contributed by atoms with van der Waals surface area (Å²) in [6, 6.07) is -5.18. The van der Waals surface area contributed by atoms with Crippen LogP contribution in [0, 0.1) is 0 Å². The van der Waals surface area contributed by atoms with Gasteiger partial charge in [-0.05, 0) is 32.7 Å². The predicted molar refractivity (Wildman–Crippen MR) is 107 cm³/mol. The highest BCUT2D eigenvalue weighted by Gasteiger charge is 2.32. The van der Waals surface area contributed by atoms with Crippen molar-refractivity contribution in [2.45, 2.75) is 56.5 Å². The van der Waals surface area contributed by atoms with Gasteiger partial charge in [0.05, 0.1) is 18.8 Å². The van der Waals surface area contributed by atoms with Gasteiger partial charge in [-0.15, -0.1) is 0 Å². The molecule has 0 saturated heterocycles. The van der Waals surface area contributed by atoms with Gasteiger partial charge in [0.15, 0.2) is 0 Å². The molecule has 0 aliphatic heterocycles. The van der Waals surface area contributed by atoms with E-state index >= 15 is 0 Å². The highest BCUT2D eigenvalue weighted by Crippen LogP contribution is 2.03. The van der Waals surface area contributed by atoms with E-state index in [1.165, 1.54) is 6.92 Å². The van der Waals surface area contributed by atoms with E-state index in [0.717, 1.165) is 0 Å². The fraction of sp³-hybridized carbons (Fsp3) is 0.750. The molecule has 10 N–H and O–H groups in total. The molecule has 168 valence electrons. The van der Waals surface area contributed by atoms with Crippen LogP contribution in [0.15, 0.2) is 0 Å². The van der Waals surface area contributed by atoms with Crippen molar-refractivity contribution in [1.82, 2.24) is 16.0 Å².